The van der Waals surface area contributed by atoms with Crippen LogP contribution in [0.5, 0.6) is 0 Å². The van der Waals surface area contributed by atoms with Crippen molar-refractivity contribution in [3.05, 3.63) is 11.1 Å². The van der Waals surface area contributed by atoms with Gasteiger partial charge < -0.3 is 42.9 Å². The third-order valence-electron chi connectivity index (χ3n) is 10.6. The summed E-state index contributed by atoms with van der Waals surface area (Å²) in [5.74, 6) is -0.589. The Bertz CT molecular complexity index is 1180. The van der Waals surface area contributed by atoms with Crippen molar-refractivity contribution in [2.24, 2.45) is 50.2 Å². The Kier molecular flexibility index (Phi) is 4.24. The first-order valence-electron chi connectivity index (χ1n) is 12.2. The fourth-order valence-corrected chi connectivity index (χ4v) is 12.8. The molecule has 3 unspecified atom stereocenters. The highest BCUT2D eigenvalue weighted by atomic mass is 127. The molecule has 12 N–H and O–H groups in total. The molecule has 4 aliphatic heterocycles. The summed E-state index contributed by atoms with van der Waals surface area (Å²) < 4.78 is 22.0. The van der Waals surface area contributed by atoms with Crippen molar-refractivity contribution in [2.75, 3.05) is 13.3 Å². The second kappa shape index (κ2) is 6.37. The maximum Gasteiger partial charge on any atom is 0.509 e. The van der Waals surface area contributed by atoms with Crippen molar-refractivity contribution in [1.29, 1.82) is 0 Å². The number of alkyl halides is 1. The molecule has 7 aliphatic rings. The van der Waals surface area contributed by atoms with Gasteiger partial charge in [-0.1, -0.05) is 23.9 Å². The number of nitrogens with zero attached hydrogens (tertiary/aromatic N) is 2. The van der Waals surface area contributed by atoms with Crippen molar-refractivity contribution in [3.63, 3.8) is 0 Å². The van der Waals surface area contributed by atoms with Gasteiger partial charge in [0.15, 0.2) is 11.7 Å². The van der Waals surface area contributed by atoms with E-state index in [0.29, 0.717) is 18.7 Å². The average molecular weight is 615 g/mol. The van der Waals surface area contributed by atoms with Gasteiger partial charge >= 0.3 is 6.16 Å². The first kappa shape index (κ1) is 24.0. The Morgan fingerprint density at radius 3 is 2.33 bits per heavy atom. The lowest BCUT2D eigenvalue weighted by molar-refractivity contribution is -0.253. The zero-order valence-corrected chi connectivity index (χ0v) is 22.7. The van der Waals surface area contributed by atoms with Crippen LogP contribution in [0, 0.1) is 11.3 Å². The van der Waals surface area contributed by atoms with E-state index >= 15 is 0 Å². The predicted octanol–water partition coefficient (Wildman–Crippen LogP) is -1.83. The minimum Gasteiger partial charge on any atom is -0.426 e. The molecule has 14 heteroatoms. The van der Waals surface area contributed by atoms with Crippen LogP contribution in [0.15, 0.2) is 21.4 Å². The predicted molar refractivity (Wildman–Crippen MR) is 138 cm³/mol. The second-order valence-electron chi connectivity index (χ2n) is 12.0. The number of ether oxygens (including phenoxy) is 3. The second-order valence-corrected chi connectivity index (χ2v) is 14.5. The van der Waals surface area contributed by atoms with Crippen LogP contribution in [0.2, 0.25) is 0 Å². The van der Waals surface area contributed by atoms with Crippen molar-refractivity contribution in [1.82, 2.24) is 10.6 Å². The number of nitrogens with two attached hydrogens (primary N) is 5. The van der Waals surface area contributed by atoms with Crippen LogP contribution >= 0.6 is 20.7 Å². The van der Waals surface area contributed by atoms with E-state index in [0.717, 1.165) is 5.57 Å². The molecule has 0 aromatic heterocycles. The van der Waals surface area contributed by atoms with Crippen LogP contribution in [0.3, 0.4) is 0 Å². The van der Waals surface area contributed by atoms with Gasteiger partial charge in [0.1, 0.15) is 9.08 Å². The Labute approximate surface area is 218 Å². The van der Waals surface area contributed by atoms with Crippen LogP contribution in [-0.4, -0.2) is 79.8 Å². The maximum absolute atomic E-state index is 13.1. The van der Waals surface area contributed by atoms with Crippen molar-refractivity contribution in [2.45, 2.75) is 83.0 Å². The molecule has 3 saturated heterocycles. The fourth-order valence-electron chi connectivity index (χ4n) is 8.95. The number of hydrogen-bond acceptors (Lipinski definition) is 13. The van der Waals surface area contributed by atoms with Gasteiger partial charge in [-0.3, -0.25) is 10.6 Å². The van der Waals surface area contributed by atoms with Crippen molar-refractivity contribution in [3.8, 4) is 0 Å². The molecule has 0 amide bonds. The number of nitrogens with one attached hydrogen (secondary N) is 2. The maximum atomic E-state index is 13.1. The Morgan fingerprint density at radius 1 is 1.17 bits per heavy atom. The zero-order chi connectivity index (χ0) is 25.9. The van der Waals surface area contributed by atoms with Crippen LogP contribution in [0.25, 0.3) is 0 Å². The molecule has 0 radical (unpaired) electrons. The number of hydrogen-bond donors (Lipinski definition) is 7. The fraction of sp³-hybridized carbons (Fsp3) is 0.818. The molecule has 198 valence electrons. The summed E-state index contributed by atoms with van der Waals surface area (Å²) >= 11 is -1.04. The van der Waals surface area contributed by atoms with E-state index in [1.54, 1.807) is 0 Å². The normalized spacial score (nSPS) is 51.6. The molecule has 0 aromatic carbocycles. The van der Waals surface area contributed by atoms with E-state index in [1.807, 2.05) is 20.8 Å². The number of fused-ring (bicyclic) bond motifs is 7. The van der Waals surface area contributed by atoms with Crippen LogP contribution in [0.1, 0.15) is 27.2 Å². The van der Waals surface area contributed by atoms with Gasteiger partial charge in [0.25, 0.3) is 0 Å². The van der Waals surface area contributed by atoms with Crippen LogP contribution in [-0.2, 0) is 14.2 Å². The van der Waals surface area contributed by atoms with Crippen LogP contribution < -0.4 is 39.3 Å². The van der Waals surface area contributed by atoms with Gasteiger partial charge in [0.05, 0.1) is 30.0 Å². The van der Waals surface area contributed by atoms with E-state index in [4.69, 9.17) is 42.9 Å². The summed E-state index contributed by atoms with van der Waals surface area (Å²) in [5, 5.41) is 16.6. The molecule has 2 saturated carbocycles. The molecule has 3 aliphatic carbocycles. The van der Waals surface area contributed by atoms with Gasteiger partial charge in [-0.2, -0.15) is 10.2 Å². The highest BCUT2D eigenvalue weighted by Crippen LogP contribution is 2.73. The molecule has 3 spiro atoms. The third kappa shape index (κ3) is 2.01. The van der Waals surface area contributed by atoms with Crippen molar-refractivity contribution < 1.29 is 19.0 Å². The summed E-state index contributed by atoms with van der Waals surface area (Å²) in [6.07, 6.45) is -1.49. The van der Waals surface area contributed by atoms with Gasteiger partial charge in [0, 0.05) is 30.5 Å². The Morgan fingerprint density at radius 2 is 1.83 bits per heavy atom. The smallest absolute Gasteiger partial charge is 0.426 e. The third-order valence-corrected chi connectivity index (χ3v) is 14.2. The highest BCUT2D eigenvalue weighted by Gasteiger charge is 2.90. The van der Waals surface area contributed by atoms with Crippen LogP contribution in [0.4, 0.5) is 4.79 Å². The molecular weight excluding hydrogens is 581 g/mol. The monoisotopic (exact) mass is 615 g/mol. The lowest BCUT2D eigenvalue weighted by atomic mass is 9.43. The first-order valence-corrected chi connectivity index (χ1v) is 14.8. The number of carbonyl (C=O) groups excluding carboxylic acids is 1. The van der Waals surface area contributed by atoms with Gasteiger partial charge in [-0.15, -0.1) is 20.7 Å². The molecular formula is C22H34IN9O4. The van der Waals surface area contributed by atoms with Gasteiger partial charge in [0.2, 0.25) is 5.66 Å². The minimum absolute atomic E-state index is 0.260. The summed E-state index contributed by atoms with van der Waals surface area (Å²) in [6.45, 7) is 6.56. The standard InChI is InChI=1S/C22H34IN9O4/c1-8-10(24)13(25)19-14(35-15(33)36-19)12-17(26)6-34-9(17)5-18(29-7-30-18)20(12,23-4)22(31-32-22)21(27,28)11(8)16(19,2)3/h9-10,12-14,29-30H,4-7,24-28H2,1-3H3/t9-,10-,12?,13?,14+,17+,19-,20?/m1/s1. The minimum atomic E-state index is -1.60. The number of carbonyl (C=O) groups is 1. The van der Waals surface area contributed by atoms with E-state index in [1.165, 1.54) is 0 Å². The number of halogens is 1. The van der Waals surface area contributed by atoms with Gasteiger partial charge in [-0.05, 0) is 12.5 Å². The summed E-state index contributed by atoms with van der Waals surface area (Å²) in [5.41, 5.74) is 29.9. The molecule has 5 fully saturated rings. The molecule has 8 atom stereocenters. The Balaban J connectivity index is 1.64. The largest absolute Gasteiger partial charge is 0.509 e. The quantitative estimate of drug-likeness (QED) is 0.0571. The first-order chi connectivity index (χ1) is 16.7. The SMILES string of the molecule is C=IC12C([C@@H]3OC(=O)O[C@]34C(N)[C@H](N)C(C)=C(C(N)(N)C13N=N3)C4(C)C)[C@]1(N)CO[C@@H]1CC21NCN1. The van der Waals surface area contributed by atoms with E-state index < -0.39 is 88.0 Å². The van der Waals surface area contributed by atoms with E-state index in [-0.39, 0.29) is 12.7 Å². The molecule has 36 heavy (non-hydrogen) atoms. The molecule has 2 bridgehead atoms. The van der Waals surface area contributed by atoms with Gasteiger partial charge in [-0.25, -0.2) is 4.79 Å². The zero-order valence-electron chi connectivity index (χ0n) is 20.5. The molecule has 0 aromatic rings. The molecule has 7 rings (SSSR count). The van der Waals surface area contributed by atoms with E-state index in [9.17, 15) is 4.79 Å². The molecule has 13 nitrogen and oxygen atoms in total. The van der Waals surface area contributed by atoms with Crippen molar-refractivity contribution >= 4 is 31.4 Å². The molecule has 4 heterocycles. The topological polar surface area (TPSA) is 224 Å². The number of rotatable bonds is 1. The summed E-state index contributed by atoms with van der Waals surface area (Å²) in [7, 11) is 0. The summed E-state index contributed by atoms with van der Waals surface area (Å²) in [4.78, 5) is 13.1. The lowest BCUT2D eigenvalue weighted by Gasteiger charge is -2.74. The van der Waals surface area contributed by atoms with E-state index in [2.05, 4.69) is 25.4 Å². The lowest BCUT2D eigenvalue weighted by Crippen LogP contribution is -2.98. The average Bonchev–Trinajstić information content (AvgIpc) is 3.52. The highest BCUT2D eigenvalue weighted by molar-refractivity contribution is 14.2. The summed E-state index contributed by atoms with van der Waals surface area (Å²) in [6, 6.07) is -1.51. The Hall–Kier alpha value is -1.11.